The zero-order chi connectivity index (χ0) is 22.8. The molecule has 166 valence electrons. The van der Waals surface area contributed by atoms with Crippen molar-refractivity contribution in [2.45, 2.75) is 44.9 Å². The van der Waals surface area contributed by atoms with Crippen molar-refractivity contribution < 1.29 is 14.0 Å². The average molecular weight is 453 g/mol. The van der Waals surface area contributed by atoms with Crippen molar-refractivity contribution in [2.75, 3.05) is 5.32 Å². The molecule has 32 heavy (non-hydrogen) atoms. The number of thioether (sulfide) groups is 1. The number of hydrogen-bond donors (Lipinski definition) is 1. The molecule has 2 aromatic rings. The van der Waals surface area contributed by atoms with E-state index in [1.807, 2.05) is 36.1 Å². The lowest BCUT2D eigenvalue weighted by molar-refractivity contribution is -0.120. The summed E-state index contributed by atoms with van der Waals surface area (Å²) in [5, 5.41) is 2.72. The van der Waals surface area contributed by atoms with Gasteiger partial charge in [0.15, 0.2) is 5.17 Å². The molecule has 0 spiro atoms. The minimum absolute atomic E-state index is 0.142. The van der Waals surface area contributed by atoms with Gasteiger partial charge < -0.3 is 5.32 Å². The van der Waals surface area contributed by atoms with Crippen LogP contribution in [-0.2, 0) is 9.59 Å². The maximum Gasteiger partial charge on any atom is 0.270 e. The van der Waals surface area contributed by atoms with E-state index in [0.29, 0.717) is 29.5 Å². The van der Waals surface area contributed by atoms with Crippen molar-refractivity contribution >= 4 is 46.0 Å². The van der Waals surface area contributed by atoms with E-state index in [-0.39, 0.29) is 23.4 Å². The largest absolute Gasteiger partial charge is 0.323 e. The molecular formula is C24H25FN4O2S. The maximum absolute atomic E-state index is 14.0. The first-order chi connectivity index (χ1) is 15.4. The summed E-state index contributed by atoms with van der Waals surface area (Å²) >= 11 is 1.28. The molecule has 0 aliphatic carbocycles. The van der Waals surface area contributed by atoms with E-state index in [2.05, 4.69) is 24.2 Å². The number of para-hydroxylation sites is 2. The Labute approximate surface area is 191 Å². The van der Waals surface area contributed by atoms with Gasteiger partial charge in [-0.05, 0) is 43.0 Å². The Morgan fingerprint density at radius 1 is 1.16 bits per heavy atom. The molecule has 0 radical (unpaired) electrons. The van der Waals surface area contributed by atoms with Crippen LogP contribution in [0, 0.1) is 11.7 Å². The van der Waals surface area contributed by atoms with E-state index in [0.717, 1.165) is 5.56 Å². The third-order valence-corrected chi connectivity index (χ3v) is 6.68. The van der Waals surface area contributed by atoms with Crippen LogP contribution in [0.15, 0.2) is 58.5 Å². The molecule has 2 unspecified atom stereocenters. The molecule has 2 amide bonds. The van der Waals surface area contributed by atoms with Crippen molar-refractivity contribution in [3.63, 3.8) is 0 Å². The van der Waals surface area contributed by atoms with Gasteiger partial charge in [-0.15, -0.1) is 0 Å². The second-order valence-corrected chi connectivity index (χ2v) is 9.35. The normalized spacial score (nSPS) is 18.1. The Kier molecular flexibility index (Phi) is 6.41. The van der Waals surface area contributed by atoms with Gasteiger partial charge in [0.25, 0.3) is 5.91 Å². The summed E-state index contributed by atoms with van der Waals surface area (Å²) < 4.78 is 14.0. The van der Waals surface area contributed by atoms with Crippen molar-refractivity contribution in [3.05, 3.63) is 59.9 Å². The van der Waals surface area contributed by atoms with Gasteiger partial charge in [0.1, 0.15) is 17.7 Å². The first-order valence-electron chi connectivity index (χ1n) is 10.7. The van der Waals surface area contributed by atoms with Gasteiger partial charge in [-0.3, -0.25) is 14.5 Å². The quantitative estimate of drug-likeness (QED) is 0.671. The minimum Gasteiger partial charge on any atom is -0.323 e. The van der Waals surface area contributed by atoms with Crippen molar-refractivity contribution in [1.82, 2.24) is 4.90 Å². The highest BCUT2D eigenvalue weighted by Crippen LogP contribution is 2.37. The minimum atomic E-state index is -0.518. The smallest absolute Gasteiger partial charge is 0.270 e. The van der Waals surface area contributed by atoms with Gasteiger partial charge >= 0.3 is 0 Å². The summed E-state index contributed by atoms with van der Waals surface area (Å²) in [6.07, 6.45) is 1.14. The zero-order valence-electron chi connectivity index (χ0n) is 18.2. The molecule has 4 rings (SSSR count). The maximum atomic E-state index is 14.0. The van der Waals surface area contributed by atoms with Crippen LogP contribution in [0.2, 0.25) is 0 Å². The SMILES string of the molecule is CCC(SC1=Nc2ccccc2C2=NC(=O)C(CC(C)C)N12)C(=O)Nc1ccccc1F. The summed E-state index contributed by atoms with van der Waals surface area (Å²) in [5.41, 5.74) is 1.66. The van der Waals surface area contributed by atoms with E-state index < -0.39 is 17.1 Å². The number of benzene rings is 2. The Balaban J connectivity index is 1.65. The van der Waals surface area contributed by atoms with Crippen molar-refractivity contribution in [2.24, 2.45) is 15.9 Å². The number of fused-ring (bicyclic) bond motifs is 3. The van der Waals surface area contributed by atoms with E-state index in [4.69, 9.17) is 4.99 Å². The second kappa shape index (κ2) is 9.24. The molecule has 2 aliphatic rings. The first-order valence-corrected chi connectivity index (χ1v) is 11.6. The van der Waals surface area contributed by atoms with Crippen LogP contribution in [0.5, 0.6) is 0 Å². The Morgan fingerprint density at radius 2 is 1.88 bits per heavy atom. The topological polar surface area (TPSA) is 74.1 Å². The molecule has 0 aromatic heterocycles. The molecule has 6 nitrogen and oxygen atoms in total. The molecule has 0 bridgehead atoms. The number of nitrogens with zero attached hydrogens (tertiary/aromatic N) is 3. The highest BCUT2D eigenvalue weighted by molar-refractivity contribution is 8.15. The Bertz CT molecular complexity index is 1110. The van der Waals surface area contributed by atoms with Crippen LogP contribution < -0.4 is 5.32 Å². The van der Waals surface area contributed by atoms with Gasteiger partial charge in [-0.25, -0.2) is 9.38 Å². The fourth-order valence-corrected chi connectivity index (χ4v) is 4.85. The van der Waals surface area contributed by atoms with Gasteiger partial charge in [-0.2, -0.15) is 4.99 Å². The lowest BCUT2D eigenvalue weighted by Crippen LogP contribution is -2.45. The van der Waals surface area contributed by atoms with Crippen LogP contribution in [-0.4, -0.2) is 39.0 Å². The molecule has 2 aromatic carbocycles. The molecule has 1 N–H and O–H groups in total. The molecule has 2 atom stereocenters. The van der Waals surface area contributed by atoms with Gasteiger partial charge in [0, 0.05) is 5.56 Å². The number of halogens is 1. The fraction of sp³-hybridized carbons (Fsp3) is 0.333. The molecule has 2 aliphatic heterocycles. The predicted molar refractivity (Wildman–Crippen MR) is 127 cm³/mol. The van der Waals surface area contributed by atoms with Crippen LogP contribution in [0.4, 0.5) is 15.8 Å². The number of amidine groups is 2. The summed E-state index contributed by atoms with van der Waals surface area (Å²) in [6.45, 7) is 6.01. The fourth-order valence-electron chi connectivity index (χ4n) is 3.78. The van der Waals surface area contributed by atoms with Crippen molar-refractivity contribution in [3.8, 4) is 0 Å². The number of aliphatic imine (C=N–C) groups is 2. The molecule has 0 fully saturated rings. The summed E-state index contributed by atoms with van der Waals surface area (Å²) in [5.74, 6) is -0.122. The molecule has 0 saturated carbocycles. The van der Waals surface area contributed by atoms with Gasteiger partial charge in [0.2, 0.25) is 5.91 Å². The van der Waals surface area contributed by atoms with Crippen LogP contribution >= 0.6 is 11.8 Å². The lowest BCUT2D eigenvalue weighted by atomic mass is 10.0. The van der Waals surface area contributed by atoms with Crippen molar-refractivity contribution in [1.29, 1.82) is 0 Å². The summed E-state index contributed by atoms with van der Waals surface area (Å²) in [4.78, 5) is 36.8. The number of hydrogen-bond acceptors (Lipinski definition) is 5. The lowest BCUT2D eigenvalue weighted by Gasteiger charge is -2.32. The number of amides is 2. The zero-order valence-corrected chi connectivity index (χ0v) is 19.0. The molecular weight excluding hydrogens is 427 g/mol. The monoisotopic (exact) mass is 452 g/mol. The van der Waals surface area contributed by atoms with Crippen LogP contribution in [0.25, 0.3) is 0 Å². The van der Waals surface area contributed by atoms with Crippen LogP contribution in [0.1, 0.15) is 39.2 Å². The van der Waals surface area contributed by atoms with Crippen LogP contribution in [0.3, 0.4) is 0 Å². The number of nitrogens with one attached hydrogen (secondary N) is 1. The highest BCUT2D eigenvalue weighted by Gasteiger charge is 2.42. The molecule has 8 heteroatoms. The summed E-state index contributed by atoms with van der Waals surface area (Å²) in [6, 6.07) is 13.2. The number of rotatable bonds is 6. The van der Waals surface area contributed by atoms with E-state index in [1.165, 1.54) is 23.9 Å². The first kappa shape index (κ1) is 22.2. The van der Waals surface area contributed by atoms with Gasteiger partial charge in [-0.1, -0.05) is 56.8 Å². The number of carbonyl (C=O) groups excluding carboxylic acids is 2. The molecule has 2 heterocycles. The van der Waals surface area contributed by atoms with E-state index in [1.54, 1.807) is 12.1 Å². The average Bonchev–Trinajstić information content (AvgIpc) is 3.09. The predicted octanol–water partition coefficient (Wildman–Crippen LogP) is 4.98. The standard InChI is InChI=1S/C24H25FN4O2S/c1-4-20(23(31)26-18-12-8-6-10-16(18)25)32-24-27-17-11-7-5-9-15(17)21-28-22(30)19(29(21)24)13-14(2)3/h5-12,14,19-20H,4,13H2,1-3H3,(H,26,31). The van der Waals surface area contributed by atoms with E-state index in [9.17, 15) is 14.0 Å². The number of carbonyl (C=O) groups is 2. The highest BCUT2D eigenvalue weighted by atomic mass is 32.2. The Morgan fingerprint density at radius 3 is 2.59 bits per heavy atom. The van der Waals surface area contributed by atoms with E-state index >= 15 is 0 Å². The molecule has 0 saturated heterocycles. The second-order valence-electron chi connectivity index (χ2n) is 8.18. The van der Waals surface area contributed by atoms with Gasteiger partial charge in [0.05, 0.1) is 16.6 Å². The number of anilines is 1. The third-order valence-electron chi connectivity index (χ3n) is 5.35. The summed E-state index contributed by atoms with van der Waals surface area (Å²) in [7, 11) is 0. The Hall–Kier alpha value is -3.00. The third kappa shape index (κ3) is 4.32.